The zero-order valence-electron chi connectivity index (χ0n) is 13.2. The molecule has 0 aromatic carbocycles. The van der Waals surface area contributed by atoms with Gasteiger partial charge in [-0.3, -0.25) is 0 Å². The second kappa shape index (κ2) is 9.04. The molecule has 0 amide bonds. The molecule has 0 bridgehead atoms. The highest BCUT2D eigenvalue weighted by molar-refractivity contribution is 5.88. The van der Waals surface area contributed by atoms with Gasteiger partial charge in [0.2, 0.25) is 0 Å². The second-order valence-electron chi connectivity index (χ2n) is 5.31. The van der Waals surface area contributed by atoms with Crippen LogP contribution in [0, 0.1) is 6.92 Å². The molecule has 0 saturated carbocycles. The van der Waals surface area contributed by atoms with Crippen LogP contribution in [0.1, 0.15) is 29.8 Å². The molecule has 0 fully saturated rings. The Kier molecular flexibility index (Phi) is 7.39. The third-order valence-corrected chi connectivity index (χ3v) is 3.61. The average molecular weight is 308 g/mol. The van der Waals surface area contributed by atoms with Crippen LogP contribution in [0.5, 0.6) is 0 Å². The Morgan fingerprint density at radius 2 is 2.14 bits per heavy atom. The van der Waals surface area contributed by atoms with Gasteiger partial charge in [0, 0.05) is 30.4 Å². The average Bonchev–Trinajstić information content (AvgIpc) is 2.79. The lowest BCUT2D eigenvalue weighted by Crippen LogP contribution is -2.80. The lowest BCUT2D eigenvalue weighted by atomic mass is 10.1. The first kappa shape index (κ1) is 18.0. The van der Waals surface area contributed by atoms with Crippen LogP contribution in [-0.4, -0.2) is 35.2 Å². The number of nitrogens with zero attached hydrogens (tertiary/aromatic N) is 1. The maximum atomic E-state index is 9.53. The molecule has 3 N–H and O–H groups in total. The van der Waals surface area contributed by atoms with Crippen LogP contribution in [0.4, 0.5) is 0 Å². The summed E-state index contributed by atoms with van der Waals surface area (Å²) < 4.78 is 2.56. The van der Waals surface area contributed by atoms with Crippen molar-refractivity contribution in [2.24, 2.45) is 0 Å². The van der Waals surface area contributed by atoms with Gasteiger partial charge < -0.3 is 24.9 Å². The molecule has 1 aromatic rings. The number of fused-ring (bicyclic) bond motifs is 1. The minimum Gasteiger partial charge on any atom is -0.545 e. The first-order valence-electron chi connectivity index (χ1n) is 7.53. The highest BCUT2D eigenvalue weighted by Crippen LogP contribution is 2.22. The van der Waals surface area contributed by atoms with Gasteiger partial charge in [0.25, 0.3) is 0 Å². The van der Waals surface area contributed by atoms with Crippen LogP contribution >= 0.6 is 0 Å². The molecule has 0 spiro atoms. The molecule has 0 radical (unpaired) electrons. The number of carboxylic acid groups (broad SMARTS) is 2. The lowest BCUT2D eigenvalue weighted by molar-refractivity contribution is -0.626. The molecular formula is C16H24N2O4. The van der Waals surface area contributed by atoms with Crippen molar-refractivity contribution < 1.29 is 25.1 Å². The van der Waals surface area contributed by atoms with Gasteiger partial charge in [-0.1, -0.05) is 0 Å². The van der Waals surface area contributed by atoms with E-state index in [0.717, 1.165) is 0 Å². The van der Waals surface area contributed by atoms with Gasteiger partial charge >= 0.3 is 5.97 Å². The van der Waals surface area contributed by atoms with Crippen LogP contribution in [0.15, 0.2) is 18.2 Å². The van der Waals surface area contributed by atoms with Crippen LogP contribution in [-0.2, 0) is 29.0 Å². The Balaban J connectivity index is 0.000000261. The maximum Gasteiger partial charge on any atom is 0.328 e. The predicted octanol–water partition coefficient (Wildman–Crippen LogP) is -0.754. The number of hydrogen-bond acceptors (Lipinski definition) is 3. The third kappa shape index (κ3) is 5.73. The normalized spacial score (nSPS) is 13.4. The van der Waals surface area contributed by atoms with Crippen LogP contribution in [0.25, 0.3) is 0 Å². The summed E-state index contributed by atoms with van der Waals surface area (Å²) in [5, 5.41) is 19.5. The molecule has 1 aromatic heterocycles. The summed E-state index contributed by atoms with van der Waals surface area (Å²) in [7, 11) is 2.15. The second-order valence-corrected chi connectivity index (χ2v) is 5.31. The Labute approximate surface area is 130 Å². The van der Waals surface area contributed by atoms with Gasteiger partial charge in [0.05, 0.1) is 19.6 Å². The highest BCUT2D eigenvalue weighted by atomic mass is 16.4. The number of carboxylic acids is 2. The van der Waals surface area contributed by atoms with Crippen molar-refractivity contribution >= 4 is 11.9 Å². The molecule has 2 heterocycles. The number of nitrogens with two attached hydrogens (primary N) is 1. The van der Waals surface area contributed by atoms with Crippen LogP contribution in [0.3, 0.4) is 0 Å². The number of aliphatic carboxylic acids is 2. The van der Waals surface area contributed by atoms with E-state index in [9.17, 15) is 14.7 Å². The van der Waals surface area contributed by atoms with Crippen molar-refractivity contribution in [3.8, 4) is 0 Å². The third-order valence-electron chi connectivity index (χ3n) is 3.61. The molecule has 2 rings (SSSR count). The standard InChI is InChI=1S/C12H20N2.C4H4O4/c1-10-9-11-5-3-4-8-14(11)12(10)6-7-13-2;5-3(6)1-2-4(7)8/h9,13H,3-8H2,1-2H3;1-2H,(H,5,6)(H,7,8)/b;2-1-. The zero-order chi connectivity index (χ0) is 16.5. The fraction of sp³-hybridized carbons (Fsp3) is 0.500. The Morgan fingerprint density at radius 3 is 2.68 bits per heavy atom. The fourth-order valence-corrected chi connectivity index (χ4v) is 2.61. The molecule has 6 heteroatoms. The quantitative estimate of drug-likeness (QED) is 0.699. The molecule has 1 aliphatic rings. The van der Waals surface area contributed by atoms with E-state index in [4.69, 9.17) is 5.11 Å². The summed E-state index contributed by atoms with van der Waals surface area (Å²) in [6, 6.07) is 2.39. The molecule has 122 valence electrons. The maximum absolute atomic E-state index is 9.53. The van der Waals surface area contributed by atoms with Gasteiger partial charge in [-0.05, 0) is 43.9 Å². The Bertz CT molecular complexity index is 531. The van der Waals surface area contributed by atoms with Gasteiger partial charge in [0.1, 0.15) is 0 Å². The van der Waals surface area contributed by atoms with E-state index in [1.165, 1.54) is 44.3 Å². The molecule has 0 unspecified atom stereocenters. The summed E-state index contributed by atoms with van der Waals surface area (Å²) in [5.41, 5.74) is 4.65. The summed E-state index contributed by atoms with van der Waals surface area (Å²) in [6.07, 6.45) is 6.20. The van der Waals surface area contributed by atoms with Crippen molar-refractivity contribution in [1.82, 2.24) is 4.57 Å². The number of rotatable bonds is 5. The number of aromatic nitrogens is 1. The highest BCUT2D eigenvalue weighted by Gasteiger charge is 2.15. The predicted molar refractivity (Wildman–Crippen MR) is 80.3 cm³/mol. The van der Waals surface area contributed by atoms with E-state index in [2.05, 4.69) is 29.9 Å². The van der Waals surface area contributed by atoms with Crippen molar-refractivity contribution in [2.45, 2.75) is 39.2 Å². The number of likely N-dealkylation sites (N-methyl/N-ethyl adjacent to an activating group) is 1. The number of carbonyl (C=O) groups excluding carboxylic acids is 1. The van der Waals surface area contributed by atoms with Gasteiger partial charge in [0.15, 0.2) is 0 Å². The van der Waals surface area contributed by atoms with E-state index in [0.29, 0.717) is 12.2 Å². The van der Waals surface area contributed by atoms with Gasteiger partial charge in [-0.25, -0.2) is 4.79 Å². The van der Waals surface area contributed by atoms with Gasteiger partial charge in [-0.2, -0.15) is 0 Å². The number of carbonyl (C=O) groups is 2. The minimum atomic E-state index is -1.51. The van der Waals surface area contributed by atoms with E-state index in [1.54, 1.807) is 11.4 Å². The summed E-state index contributed by atoms with van der Waals surface area (Å²) in [5.74, 6) is -2.80. The van der Waals surface area contributed by atoms with Crippen molar-refractivity contribution in [3.63, 3.8) is 0 Å². The van der Waals surface area contributed by atoms with Gasteiger partial charge in [-0.15, -0.1) is 0 Å². The molecule has 0 aliphatic carbocycles. The summed E-state index contributed by atoms with van der Waals surface area (Å²) in [6.45, 7) is 4.73. The number of aryl methyl sites for hydroxylation is 2. The van der Waals surface area contributed by atoms with E-state index in [-0.39, 0.29) is 0 Å². The molecule has 1 aliphatic heterocycles. The minimum absolute atomic E-state index is 0.447. The van der Waals surface area contributed by atoms with E-state index in [1.807, 2.05) is 0 Å². The number of hydrogen-bond donors (Lipinski definition) is 2. The van der Waals surface area contributed by atoms with Crippen molar-refractivity contribution in [2.75, 3.05) is 13.6 Å². The molecule has 0 atom stereocenters. The van der Waals surface area contributed by atoms with E-state index >= 15 is 0 Å². The smallest absolute Gasteiger partial charge is 0.328 e. The largest absolute Gasteiger partial charge is 0.545 e. The lowest BCUT2D eigenvalue weighted by Gasteiger charge is -2.17. The molecule has 6 nitrogen and oxygen atoms in total. The number of quaternary nitrogens is 1. The van der Waals surface area contributed by atoms with Crippen molar-refractivity contribution in [3.05, 3.63) is 35.2 Å². The molecule has 22 heavy (non-hydrogen) atoms. The summed E-state index contributed by atoms with van der Waals surface area (Å²) >= 11 is 0. The molecular weight excluding hydrogens is 284 g/mol. The molecule has 0 saturated heterocycles. The SMILES string of the molecule is C[NH2+]CCc1c(C)cc2n1CCCC2.O=C([O-])/C=C\C(=O)O. The van der Waals surface area contributed by atoms with Crippen LogP contribution < -0.4 is 10.4 Å². The fourth-order valence-electron chi connectivity index (χ4n) is 2.61. The van der Waals surface area contributed by atoms with Crippen molar-refractivity contribution in [1.29, 1.82) is 0 Å². The summed E-state index contributed by atoms with van der Waals surface area (Å²) in [4.78, 5) is 19.0. The van der Waals surface area contributed by atoms with Crippen LogP contribution in [0.2, 0.25) is 0 Å². The topological polar surface area (TPSA) is 99.0 Å². The monoisotopic (exact) mass is 308 g/mol. The first-order valence-corrected chi connectivity index (χ1v) is 7.53. The Hall–Kier alpha value is -2.08. The first-order chi connectivity index (χ1) is 10.5. The zero-order valence-corrected chi connectivity index (χ0v) is 13.2. The Morgan fingerprint density at radius 1 is 1.41 bits per heavy atom. The van der Waals surface area contributed by atoms with E-state index < -0.39 is 11.9 Å².